The van der Waals surface area contributed by atoms with E-state index in [9.17, 15) is 18.8 Å². The molecule has 116 valence electrons. The van der Waals surface area contributed by atoms with Crippen molar-refractivity contribution in [2.45, 2.75) is 19.6 Å². The average molecular weight is 308 g/mol. The highest BCUT2D eigenvalue weighted by molar-refractivity contribution is 6.15. The van der Waals surface area contributed by atoms with Gasteiger partial charge in [0, 0.05) is 20.0 Å². The Morgan fingerprint density at radius 1 is 1.27 bits per heavy atom. The summed E-state index contributed by atoms with van der Waals surface area (Å²) >= 11 is 0. The highest BCUT2D eigenvalue weighted by atomic mass is 19.1. The van der Waals surface area contributed by atoms with Gasteiger partial charge in [0.1, 0.15) is 5.82 Å². The molecule has 7 nitrogen and oxygen atoms in total. The number of carbonyl (C=O) groups is 3. The van der Waals surface area contributed by atoms with E-state index in [0.717, 1.165) is 12.3 Å². The van der Waals surface area contributed by atoms with Gasteiger partial charge in [-0.25, -0.2) is 14.0 Å². The summed E-state index contributed by atoms with van der Waals surface area (Å²) in [5, 5.41) is 2.49. The molecule has 1 aliphatic rings. The molecule has 1 heterocycles. The molecule has 0 unspecified atom stereocenters. The summed E-state index contributed by atoms with van der Waals surface area (Å²) in [5.41, 5.74) is 4.29. The zero-order valence-corrected chi connectivity index (χ0v) is 11.8. The van der Waals surface area contributed by atoms with Crippen LogP contribution >= 0.6 is 0 Å². The largest absolute Gasteiger partial charge is 0.419 e. The minimum atomic E-state index is -1.36. The Morgan fingerprint density at radius 3 is 2.41 bits per heavy atom. The van der Waals surface area contributed by atoms with Crippen molar-refractivity contribution in [3.63, 3.8) is 0 Å². The summed E-state index contributed by atoms with van der Waals surface area (Å²) < 4.78 is 23.4. The first-order chi connectivity index (χ1) is 10.2. The van der Waals surface area contributed by atoms with Crippen LogP contribution in [0.15, 0.2) is 30.0 Å². The van der Waals surface area contributed by atoms with Crippen molar-refractivity contribution in [1.29, 1.82) is 0 Å². The van der Waals surface area contributed by atoms with Gasteiger partial charge < -0.3 is 20.5 Å². The van der Waals surface area contributed by atoms with Crippen LogP contribution in [-0.2, 0) is 19.1 Å². The van der Waals surface area contributed by atoms with Gasteiger partial charge in [-0.2, -0.15) is 0 Å². The molecular weight excluding hydrogens is 295 g/mol. The van der Waals surface area contributed by atoms with Crippen molar-refractivity contribution in [3.8, 4) is 0 Å². The number of nitrogens with one attached hydrogen (secondary N) is 1. The molecule has 1 aromatic rings. The zero-order valence-electron chi connectivity index (χ0n) is 11.8. The number of ether oxygens (including phenoxy) is 2. The van der Waals surface area contributed by atoms with E-state index in [1.165, 1.54) is 26.0 Å². The Bertz CT molecular complexity index is 674. The minimum Gasteiger partial charge on any atom is -0.419 e. The molecule has 8 heteroatoms. The predicted molar refractivity (Wildman–Crippen MR) is 72.9 cm³/mol. The maximum absolute atomic E-state index is 13.6. The summed E-state index contributed by atoms with van der Waals surface area (Å²) in [5.74, 6) is -4.97. The number of hydrogen-bond donors (Lipinski definition) is 2. The summed E-state index contributed by atoms with van der Waals surface area (Å²) in [6, 6.07) is 3.76. The molecule has 0 atom stereocenters. The van der Waals surface area contributed by atoms with Crippen molar-refractivity contribution in [1.82, 2.24) is 0 Å². The number of primary amides is 1. The van der Waals surface area contributed by atoms with Crippen LogP contribution in [0.3, 0.4) is 0 Å². The van der Waals surface area contributed by atoms with E-state index in [1.807, 2.05) is 0 Å². The predicted octanol–water partition coefficient (Wildman–Crippen LogP) is 1.06. The van der Waals surface area contributed by atoms with Gasteiger partial charge in [0.25, 0.3) is 11.7 Å². The van der Waals surface area contributed by atoms with Gasteiger partial charge in [0.05, 0.1) is 11.3 Å². The molecule has 0 aliphatic carbocycles. The quantitative estimate of drug-likeness (QED) is 0.491. The zero-order chi connectivity index (χ0) is 16.5. The Balaban J connectivity index is 2.30. The molecule has 3 N–H and O–H groups in total. The molecule has 22 heavy (non-hydrogen) atoms. The number of esters is 2. The third kappa shape index (κ3) is 3.05. The lowest BCUT2D eigenvalue weighted by Gasteiger charge is -2.29. The van der Waals surface area contributed by atoms with E-state index in [4.69, 9.17) is 15.2 Å². The fourth-order valence-corrected chi connectivity index (χ4v) is 1.82. The van der Waals surface area contributed by atoms with Gasteiger partial charge in [-0.1, -0.05) is 6.07 Å². The molecule has 1 aromatic carbocycles. The van der Waals surface area contributed by atoms with Crippen molar-refractivity contribution in [2.75, 3.05) is 5.32 Å². The molecule has 0 spiro atoms. The normalized spacial score (nSPS) is 16.6. The Labute approximate surface area is 124 Å². The molecule has 1 fully saturated rings. The van der Waals surface area contributed by atoms with Gasteiger partial charge >= 0.3 is 11.9 Å². The number of benzene rings is 1. The molecule has 2 rings (SSSR count). The van der Waals surface area contributed by atoms with E-state index < -0.39 is 40.6 Å². The second kappa shape index (κ2) is 5.47. The number of anilines is 1. The van der Waals surface area contributed by atoms with E-state index in [2.05, 4.69) is 5.32 Å². The topological polar surface area (TPSA) is 108 Å². The van der Waals surface area contributed by atoms with Crippen LogP contribution in [0.25, 0.3) is 0 Å². The second-order valence-electron chi connectivity index (χ2n) is 4.91. The van der Waals surface area contributed by atoms with E-state index in [1.54, 1.807) is 0 Å². The van der Waals surface area contributed by atoms with Crippen LogP contribution in [0.2, 0.25) is 0 Å². The maximum Gasteiger partial charge on any atom is 0.350 e. The van der Waals surface area contributed by atoms with Crippen molar-refractivity contribution in [3.05, 3.63) is 41.4 Å². The minimum absolute atomic E-state index is 0.00503. The van der Waals surface area contributed by atoms with Gasteiger partial charge in [-0.05, 0) is 12.1 Å². The maximum atomic E-state index is 13.6. The first-order valence-corrected chi connectivity index (χ1v) is 6.23. The number of halogens is 1. The first kappa shape index (κ1) is 15.5. The molecule has 1 saturated heterocycles. The van der Waals surface area contributed by atoms with Gasteiger partial charge in [0.2, 0.25) is 0 Å². The van der Waals surface area contributed by atoms with Crippen LogP contribution in [0.4, 0.5) is 10.1 Å². The molecule has 1 amide bonds. The van der Waals surface area contributed by atoms with E-state index in [-0.39, 0.29) is 5.69 Å². The van der Waals surface area contributed by atoms with Crippen LogP contribution in [-0.4, -0.2) is 23.6 Å². The fourth-order valence-electron chi connectivity index (χ4n) is 1.82. The third-order valence-electron chi connectivity index (χ3n) is 2.75. The summed E-state index contributed by atoms with van der Waals surface area (Å²) in [6.07, 6.45) is 0.973. The van der Waals surface area contributed by atoms with E-state index >= 15 is 0 Å². The van der Waals surface area contributed by atoms with Gasteiger partial charge in [0.15, 0.2) is 5.57 Å². The number of amides is 1. The number of cyclic esters (lactones) is 2. The Morgan fingerprint density at radius 2 is 1.86 bits per heavy atom. The van der Waals surface area contributed by atoms with Crippen LogP contribution in [0, 0.1) is 5.82 Å². The van der Waals surface area contributed by atoms with E-state index in [0.29, 0.717) is 0 Å². The van der Waals surface area contributed by atoms with Crippen LogP contribution in [0.5, 0.6) is 0 Å². The second-order valence-corrected chi connectivity index (χ2v) is 4.91. The van der Waals surface area contributed by atoms with Crippen LogP contribution < -0.4 is 11.1 Å². The number of nitrogens with two attached hydrogens (primary N) is 1. The number of carbonyl (C=O) groups excluding carboxylic acids is 3. The molecule has 0 aromatic heterocycles. The highest BCUT2D eigenvalue weighted by Crippen LogP contribution is 2.23. The molecule has 0 saturated carbocycles. The molecule has 1 aliphatic heterocycles. The van der Waals surface area contributed by atoms with Crippen molar-refractivity contribution < 1.29 is 28.2 Å². The van der Waals surface area contributed by atoms with Crippen molar-refractivity contribution >= 4 is 23.5 Å². The monoisotopic (exact) mass is 308 g/mol. The standard InChI is InChI=1S/C14H13FN2O5/c1-14(2)21-12(19)7(13(20)22-14)6-17-9-5-3-4-8(15)10(9)11(16)18/h3-6,17H,1-2H3,(H2,16,18). The Hall–Kier alpha value is -2.90. The highest BCUT2D eigenvalue weighted by Gasteiger charge is 2.39. The number of rotatable bonds is 3. The first-order valence-electron chi connectivity index (χ1n) is 6.23. The van der Waals surface area contributed by atoms with Gasteiger partial charge in [-0.15, -0.1) is 0 Å². The number of hydrogen-bond acceptors (Lipinski definition) is 6. The summed E-state index contributed by atoms with van der Waals surface area (Å²) in [6.45, 7) is 2.82. The van der Waals surface area contributed by atoms with Gasteiger partial charge in [-0.3, -0.25) is 4.79 Å². The summed E-state index contributed by atoms with van der Waals surface area (Å²) in [7, 11) is 0. The summed E-state index contributed by atoms with van der Waals surface area (Å²) in [4.78, 5) is 34.7. The smallest absolute Gasteiger partial charge is 0.350 e. The Kier molecular flexibility index (Phi) is 3.85. The molecular formula is C14H13FN2O5. The SMILES string of the molecule is CC1(C)OC(=O)C(=CNc2cccc(F)c2C(N)=O)C(=O)O1. The lowest BCUT2D eigenvalue weighted by Crippen LogP contribution is -2.42. The molecule has 0 bridgehead atoms. The average Bonchev–Trinajstić information content (AvgIpc) is 2.35. The fraction of sp³-hybridized carbons (Fsp3) is 0.214. The van der Waals surface area contributed by atoms with Crippen molar-refractivity contribution in [2.24, 2.45) is 5.73 Å². The lowest BCUT2D eigenvalue weighted by molar-refractivity contribution is -0.222. The molecule has 0 radical (unpaired) electrons. The third-order valence-corrected chi connectivity index (χ3v) is 2.75. The lowest BCUT2D eigenvalue weighted by atomic mass is 10.1. The van der Waals surface area contributed by atoms with Crippen LogP contribution in [0.1, 0.15) is 24.2 Å².